The van der Waals surface area contributed by atoms with Crippen molar-refractivity contribution in [3.05, 3.63) is 0 Å². The Hall–Kier alpha value is -0.0600. The number of nitrogens with two attached hydrogens (primary N) is 1. The summed E-state index contributed by atoms with van der Waals surface area (Å²) >= 11 is 1.83. The third-order valence-corrected chi connectivity index (χ3v) is 3.57. The zero-order valence-corrected chi connectivity index (χ0v) is 8.67. The van der Waals surface area contributed by atoms with Crippen molar-refractivity contribution in [2.45, 2.75) is 24.9 Å². The molecule has 0 aliphatic carbocycles. The third-order valence-electron chi connectivity index (χ3n) is 2.72. The summed E-state index contributed by atoms with van der Waals surface area (Å²) in [6, 6.07) is 0.989. The summed E-state index contributed by atoms with van der Waals surface area (Å²) in [5.74, 6) is 1.18. The van der Waals surface area contributed by atoms with Gasteiger partial charge in [-0.3, -0.25) is 4.99 Å². The van der Waals surface area contributed by atoms with Crippen molar-refractivity contribution in [2.24, 2.45) is 10.7 Å². The fraction of sp³-hybridized carbons (Fsp3) is 0.889. The van der Waals surface area contributed by atoms with Crippen molar-refractivity contribution < 1.29 is 0 Å². The van der Waals surface area contributed by atoms with Gasteiger partial charge in [0.1, 0.15) is 0 Å². The molecule has 0 aromatic rings. The summed E-state index contributed by atoms with van der Waals surface area (Å²) in [5, 5.41) is 0. The van der Waals surface area contributed by atoms with E-state index in [2.05, 4.69) is 9.89 Å². The average molecular weight is 199 g/mol. The molecule has 74 valence electrons. The van der Waals surface area contributed by atoms with Crippen LogP contribution < -0.4 is 5.73 Å². The maximum absolute atomic E-state index is 5.83. The molecule has 0 unspecified atom stereocenters. The lowest BCUT2D eigenvalue weighted by molar-refractivity contribution is 0.322. The second-order valence-electron chi connectivity index (χ2n) is 3.88. The van der Waals surface area contributed by atoms with E-state index in [1.165, 1.54) is 31.7 Å². The average Bonchev–Trinajstić information content (AvgIpc) is 2.71. The van der Waals surface area contributed by atoms with Crippen molar-refractivity contribution in [3.63, 3.8) is 0 Å². The highest BCUT2D eigenvalue weighted by Gasteiger charge is 2.20. The predicted octanol–water partition coefficient (Wildman–Crippen LogP) is 0.553. The number of likely N-dealkylation sites (tertiary alicyclic amines) is 1. The molecule has 0 saturated carbocycles. The minimum atomic E-state index is 0.418. The molecule has 2 aliphatic heterocycles. The quantitative estimate of drug-likeness (QED) is 0.722. The van der Waals surface area contributed by atoms with Gasteiger partial charge in [0.25, 0.3) is 0 Å². The highest BCUT2D eigenvalue weighted by molar-refractivity contribution is 8.12. The zero-order valence-electron chi connectivity index (χ0n) is 7.85. The Bertz CT molecular complexity index is 195. The molecule has 2 rings (SSSR count). The van der Waals surface area contributed by atoms with E-state index in [1.807, 2.05) is 17.3 Å². The van der Waals surface area contributed by atoms with Crippen LogP contribution >= 0.6 is 11.8 Å². The summed E-state index contributed by atoms with van der Waals surface area (Å²) < 4.78 is 0. The molecule has 3 nitrogen and oxygen atoms in total. The second-order valence-corrected chi connectivity index (χ2v) is 4.76. The molecule has 0 bridgehead atoms. The molecule has 1 fully saturated rings. The van der Waals surface area contributed by atoms with Crippen LogP contribution in [0.1, 0.15) is 12.8 Å². The van der Waals surface area contributed by atoms with Gasteiger partial charge >= 0.3 is 0 Å². The Balaban J connectivity index is 1.65. The van der Waals surface area contributed by atoms with Gasteiger partial charge in [-0.05, 0) is 19.4 Å². The highest BCUT2D eigenvalue weighted by Crippen LogP contribution is 2.16. The highest BCUT2D eigenvalue weighted by atomic mass is 32.2. The van der Waals surface area contributed by atoms with Gasteiger partial charge in [0.15, 0.2) is 0 Å². The van der Waals surface area contributed by atoms with E-state index in [9.17, 15) is 0 Å². The summed E-state index contributed by atoms with van der Waals surface area (Å²) in [4.78, 5) is 6.86. The Morgan fingerprint density at radius 1 is 1.62 bits per heavy atom. The first-order valence-corrected chi connectivity index (χ1v) is 6.00. The summed E-state index contributed by atoms with van der Waals surface area (Å²) in [7, 11) is 0. The lowest BCUT2D eigenvalue weighted by Gasteiger charge is -2.16. The fourth-order valence-electron chi connectivity index (χ4n) is 1.88. The van der Waals surface area contributed by atoms with E-state index in [0.29, 0.717) is 12.1 Å². The second kappa shape index (κ2) is 4.44. The van der Waals surface area contributed by atoms with Crippen LogP contribution in [-0.2, 0) is 0 Å². The Labute approximate surface area is 83.8 Å². The van der Waals surface area contributed by atoms with Crippen LogP contribution in [0.4, 0.5) is 0 Å². The van der Waals surface area contributed by atoms with Crippen LogP contribution in [0.25, 0.3) is 0 Å². The summed E-state index contributed by atoms with van der Waals surface area (Å²) in [5.41, 5.74) is 7.82. The van der Waals surface area contributed by atoms with E-state index >= 15 is 0 Å². The first-order chi connectivity index (χ1) is 6.34. The Morgan fingerprint density at radius 3 is 3.15 bits per heavy atom. The Morgan fingerprint density at radius 2 is 2.54 bits per heavy atom. The molecule has 2 aliphatic rings. The number of thioether (sulfide) groups is 1. The van der Waals surface area contributed by atoms with Crippen molar-refractivity contribution in [3.8, 4) is 0 Å². The normalized spacial score (nSPS) is 34.5. The summed E-state index contributed by atoms with van der Waals surface area (Å²) in [6.07, 6.45) is 2.37. The molecule has 13 heavy (non-hydrogen) atoms. The van der Waals surface area contributed by atoms with Gasteiger partial charge in [0.05, 0.1) is 11.6 Å². The van der Waals surface area contributed by atoms with Gasteiger partial charge in [-0.2, -0.15) is 0 Å². The number of hydrogen-bond acceptors (Lipinski definition) is 4. The van der Waals surface area contributed by atoms with Gasteiger partial charge in [-0.15, -0.1) is 11.8 Å². The molecule has 0 radical (unpaired) electrons. The molecular formula is C9H17N3S. The first kappa shape index (κ1) is 9.49. The molecule has 0 aromatic carbocycles. The topological polar surface area (TPSA) is 41.6 Å². The van der Waals surface area contributed by atoms with Crippen molar-refractivity contribution in [1.82, 2.24) is 4.90 Å². The summed E-state index contributed by atoms with van der Waals surface area (Å²) in [6.45, 7) is 3.45. The standard InChI is InChI=1S/C9H17N3S/c10-8-1-3-12(5-8)4-2-9-6-13-7-11-9/h7-9H,1-6,10H2/t8-,9-/m0/s1. The predicted molar refractivity (Wildman–Crippen MR) is 58.4 cm³/mol. The largest absolute Gasteiger partial charge is 0.326 e. The van der Waals surface area contributed by atoms with Gasteiger partial charge in [0, 0.05) is 24.9 Å². The minimum Gasteiger partial charge on any atom is -0.326 e. The number of rotatable bonds is 3. The monoisotopic (exact) mass is 199 g/mol. The lowest BCUT2D eigenvalue weighted by atomic mass is 10.2. The number of aliphatic imine (C=N–C) groups is 1. The van der Waals surface area contributed by atoms with Crippen LogP contribution in [0.3, 0.4) is 0 Å². The molecule has 0 aromatic heterocycles. The van der Waals surface area contributed by atoms with Crippen LogP contribution in [0.15, 0.2) is 4.99 Å². The number of hydrogen-bond donors (Lipinski definition) is 1. The van der Waals surface area contributed by atoms with Crippen LogP contribution in [0, 0.1) is 0 Å². The van der Waals surface area contributed by atoms with E-state index in [4.69, 9.17) is 5.73 Å². The molecule has 2 atom stereocenters. The van der Waals surface area contributed by atoms with Crippen LogP contribution in [-0.4, -0.2) is 47.9 Å². The van der Waals surface area contributed by atoms with Crippen molar-refractivity contribution in [1.29, 1.82) is 0 Å². The molecule has 0 amide bonds. The number of nitrogens with zero attached hydrogens (tertiary/aromatic N) is 2. The van der Waals surface area contributed by atoms with E-state index < -0.39 is 0 Å². The maximum Gasteiger partial charge on any atom is 0.0612 e. The van der Waals surface area contributed by atoms with Crippen molar-refractivity contribution >= 4 is 17.3 Å². The third kappa shape index (κ3) is 2.69. The van der Waals surface area contributed by atoms with Gasteiger partial charge in [0.2, 0.25) is 0 Å². The molecule has 2 heterocycles. The molecule has 4 heteroatoms. The maximum atomic E-state index is 5.83. The minimum absolute atomic E-state index is 0.418. The smallest absolute Gasteiger partial charge is 0.0612 e. The van der Waals surface area contributed by atoms with Crippen molar-refractivity contribution in [2.75, 3.05) is 25.4 Å². The SMILES string of the molecule is N[C@H]1CCN(CC[C@H]2CSC=N2)C1. The van der Waals surface area contributed by atoms with Crippen LogP contribution in [0.2, 0.25) is 0 Å². The van der Waals surface area contributed by atoms with Crippen LogP contribution in [0.5, 0.6) is 0 Å². The zero-order chi connectivity index (χ0) is 9.10. The van der Waals surface area contributed by atoms with Gasteiger partial charge in [-0.25, -0.2) is 0 Å². The van der Waals surface area contributed by atoms with E-state index in [1.54, 1.807) is 0 Å². The molecule has 0 spiro atoms. The molecule has 2 N–H and O–H groups in total. The van der Waals surface area contributed by atoms with Gasteiger partial charge < -0.3 is 10.6 Å². The Kier molecular flexibility index (Phi) is 3.24. The lowest BCUT2D eigenvalue weighted by Crippen LogP contribution is -2.28. The fourth-order valence-corrected chi connectivity index (χ4v) is 2.70. The van der Waals surface area contributed by atoms with Gasteiger partial charge in [-0.1, -0.05) is 0 Å². The first-order valence-electron chi connectivity index (χ1n) is 4.96. The van der Waals surface area contributed by atoms with E-state index in [-0.39, 0.29) is 0 Å². The molecule has 1 saturated heterocycles. The van der Waals surface area contributed by atoms with E-state index in [0.717, 1.165) is 6.54 Å². The molecular weight excluding hydrogens is 182 g/mol.